The Kier molecular flexibility index (Phi) is 5.56. The summed E-state index contributed by atoms with van der Waals surface area (Å²) in [6.45, 7) is 2.74. The van der Waals surface area contributed by atoms with Gasteiger partial charge in [-0.15, -0.1) is 0 Å². The molecule has 0 saturated carbocycles. The molecule has 3 heterocycles. The topological polar surface area (TPSA) is 80.1 Å². The van der Waals surface area contributed by atoms with Crippen LogP contribution in [0.2, 0.25) is 0 Å². The van der Waals surface area contributed by atoms with Crippen molar-refractivity contribution in [3.63, 3.8) is 0 Å². The lowest BCUT2D eigenvalue weighted by Gasteiger charge is -2.31. The molecule has 1 aromatic carbocycles. The number of rotatable bonds is 4. The van der Waals surface area contributed by atoms with E-state index in [1.165, 1.54) is 10.7 Å². The second-order valence-corrected chi connectivity index (χ2v) is 7.35. The Hall–Kier alpha value is -3.55. The van der Waals surface area contributed by atoms with E-state index in [-0.39, 0.29) is 29.1 Å². The second kappa shape index (κ2) is 8.44. The van der Waals surface area contributed by atoms with E-state index >= 15 is 0 Å². The van der Waals surface area contributed by atoms with Gasteiger partial charge in [0.25, 0.3) is 5.91 Å². The lowest BCUT2D eigenvalue weighted by Crippen LogP contribution is -2.44. The average molecular weight is 407 g/mol. The summed E-state index contributed by atoms with van der Waals surface area (Å²) in [5, 5.41) is 7.10. The quantitative estimate of drug-likeness (QED) is 0.720. The molecule has 4 rings (SSSR count). The minimum absolute atomic E-state index is 0.147. The van der Waals surface area contributed by atoms with Gasteiger partial charge in [-0.2, -0.15) is 5.10 Å². The third-order valence-electron chi connectivity index (χ3n) is 5.24. The first-order valence-corrected chi connectivity index (χ1v) is 9.85. The number of carbonyl (C=O) groups excluding carboxylic acids is 2. The highest BCUT2D eigenvalue weighted by molar-refractivity contribution is 5.95. The van der Waals surface area contributed by atoms with Gasteiger partial charge in [0, 0.05) is 25.5 Å². The fourth-order valence-electron chi connectivity index (χ4n) is 3.58. The standard InChI is InChI=1S/C22H22FN5O2/c1-15-6-4-11-24-20(15)25-21(29)16-7-5-12-27(14-16)22(30)18-10-13-28(26-18)19-9-3-2-8-17(19)23/h2-4,6,8-11,13,16H,5,7,12,14H2,1H3,(H,24,25,29). The minimum atomic E-state index is -0.417. The van der Waals surface area contributed by atoms with Gasteiger partial charge in [0.1, 0.15) is 17.3 Å². The predicted molar refractivity (Wildman–Crippen MR) is 110 cm³/mol. The Morgan fingerprint density at radius 3 is 2.80 bits per heavy atom. The number of carbonyl (C=O) groups is 2. The Morgan fingerprint density at radius 1 is 1.17 bits per heavy atom. The molecular weight excluding hydrogens is 385 g/mol. The van der Waals surface area contributed by atoms with Crippen LogP contribution in [0.15, 0.2) is 54.9 Å². The first-order chi connectivity index (χ1) is 14.5. The van der Waals surface area contributed by atoms with E-state index in [0.29, 0.717) is 25.3 Å². The highest BCUT2D eigenvalue weighted by Crippen LogP contribution is 2.21. The van der Waals surface area contributed by atoms with Gasteiger partial charge in [-0.3, -0.25) is 9.59 Å². The van der Waals surface area contributed by atoms with E-state index in [1.54, 1.807) is 41.6 Å². The molecule has 8 heteroatoms. The zero-order valence-corrected chi connectivity index (χ0v) is 16.6. The van der Waals surface area contributed by atoms with E-state index in [0.717, 1.165) is 12.0 Å². The maximum absolute atomic E-state index is 14.0. The number of nitrogens with one attached hydrogen (secondary N) is 1. The molecule has 1 N–H and O–H groups in total. The van der Waals surface area contributed by atoms with Crippen molar-refractivity contribution in [3.05, 3.63) is 71.9 Å². The van der Waals surface area contributed by atoms with E-state index in [1.807, 2.05) is 19.1 Å². The summed E-state index contributed by atoms with van der Waals surface area (Å²) < 4.78 is 15.3. The molecule has 0 aliphatic carbocycles. The molecule has 1 fully saturated rings. The number of nitrogens with zero attached hydrogens (tertiary/aromatic N) is 4. The zero-order chi connectivity index (χ0) is 21.1. The van der Waals surface area contributed by atoms with Crippen LogP contribution < -0.4 is 5.32 Å². The number of halogens is 1. The molecular formula is C22H22FN5O2. The summed E-state index contributed by atoms with van der Waals surface area (Å²) in [5.74, 6) is -0.616. The number of para-hydroxylation sites is 1. The number of amides is 2. The molecule has 154 valence electrons. The Bertz CT molecular complexity index is 1080. The fourth-order valence-corrected chi connectivity index (χ4v) is 3.58. The van der Waals surface area contributed by atoms with E-state index in [2.05, 4.69) is 15.4 Å². The monoisotopic (exact) mass is 407 g/mol. The van der Waals surface area contributed by atoms with Gasteiger partial charge in [-0.05, 0) is 49.6 Å². The number of aryl methyl sites for hydroxylation is 1. The van der Waals surface area contributed by atoms with Gasteiger partial charge in [-0.1, -0.05) is 18.2 Å². The molecule has 1 saturated heterocycles. The Morgan fingerprint density at radius 2 is 2.00 bits per heavy atom. The molecule has 1 unspecified atom stereocenters. The summed E-state index contributed by atoms with van der Waals surface area (Å²) in [7, 11) is 0. The highest BCUT2D eigenvalue weighted by Gasteiger charge is 2.30. The first kappa shape index (κ1) is 19.8. The largest absolute Gasteiger partial charge is 0.336 e. The maximum Gasteiger partial charge on any atom is 0.274 e. The van der Waals surface area contributed by atoms with Crippen LogP contribution in [0.5, 0.6) is 0 Å². The molecule has 1 aliphatic rings. The number of piperidine rings is 1. The highest BCUT2D eigenvalue weighted by atomic mass is 19.1. The van der Waals surface area contributed by atoms with Crippen molar-refractivity contribution in [3.8, 4) is 5.69 Å². The smallest absolute Gasteiger partial charge is 0.274 e. The van der Waals surface area contributed by atoms with E-state index in [9.17, 15) is 14.0 Å². The average Bonchev–Trinajstić information content (AvgIpc) is 3.25. The van der Waals surface area contributed by atoms with Gasteiger partial charge in [0.15, 0.2) is 5.69 Å². The number of pyridine rings is 1. The van der Waals surface area contributed by atoms with Crippen LogP contribution in [0, 0.1) is 18.7 Å². The Labute approximate surface area is 173 Å². The molecule has 2 aromatic heterocycles. The first-order valence-electron chi connectivity index (χ1n) is 9.85. The molecule has 0 spiro atoms. The van der Waals surface area contributed by atoms with Crippen molar-refractivity contribution in [1.82, 2.24) is 19.7 Å². The van der Waals surface area contributed by atoms with Crippen LogP contribution in [0.4, 0.5) is 10.2 Å². The number of benzene rings is 1. The van der Waals surface area contributed by atoms with Crippen molar-refractivity contribution in [2.24, 2.45) is 5.92 Å². The van der Waals surface area contributed by atoms with Crippen molar-refractivity contribution >= 4 is 17.6 Å². The fraction of sp³-hybridized carbons (Fsp3) is 0.273. The lowest BCUT2D eigenvalue weighted by molar-refractivity contribution is -0.121. The molecule has 0 bridgehead atoms. The SMILES string of the molecule is Cc1cccnc1NC(=O)C1CCCN(C(=O)c2ccn(-c3ccccc3F)n2)C1. The number of likely N-dealkylation sites (tertiary alicyclic amines) is 1. The number of anilines is 1. The molecule has 3 aromatic rings. The number of aromatic nitrogens is 3. The Balaban J connectivity index is 1.44. The molecule has 2 amide bonds. The summed E-state index contributed by atoms with van der Waals surface area (Å²) in [6, 6.07) is 11.5. The number of hydrogen-bond acceptors (Lipinski definition) is 4. The van der Waals surface area contributed by atoms with Gasteiger partial charge in [0.2, 0.25) is 5.91 Å². The zero-order valence-electron chi connectivity index (χ0n) is 16.6. The van der Waals surface area contributed by atoms with Crippen molar-refractivity contribution in [1.29, 1.82) is 0 Å². The molecule has 7 nitrogen and oxygen atoms in total. The second-order valence-electron chi connectivity index (χ2n) is 7.35. The van der Waals surface area contributed by atoms with Gasteiger partial charge < -0.3 is 10.2 Å². The third-order valence-corrected chi connectivity index (χ3v) is 5.24. The van der Waals surface area contributed by atoms with Gasteiger partial charge in [-0.25, -0.2) is 14.1 Å². The molecule has 1 aliphatic heterocycles. The third kappa shape index (κ3) is 4.07. The normalized spacial score (nSPS) is 16.3. The van der Waals surface area contributed by atoms with E-state index < -0.39 is 5.82 Å². The summed E-state index contributed by atoms with van der Waals surface area (Å²) >= 11 is 0. The predicted octanol–water partition coefficient (Wildman–Crippen LogP) is 3.21. The lowest BCUT2D eigenvalue weighted by atomic mass is 9.96. The van der Waals surface area contributed by atoms with Crippen molar-refractivity contribution in [2.45, 2.75) is 19.8 Å². The van der Waals surface area contributed by atoms with Crippen LogP contribution in [0.25, 0.3) is 5.69 Å². The van der Waals surface area contributed by atoms with Gasteiger partial charge in [0.05, 0.1) is 5.92 Å². The van der Waals surface area contributed by atoms with Crippen LogP contribution in [0.3, 0.4) is 0 Å². The van der Waals surface area contributed by atoms with Crippen LogP contribution in [0.1, 0.15) is 28.9 Å². The van der Waals surface area contributed by atoms with Crippen LogP contribution >= 0.6 is 0 Å². The van der Waals surface area contributed by atoms with Crippen molar-refractivity contribution < 1.29 is 14.0 Å². The van der Waals surface area contributed by atoms with Gasteiger partial charge >= 0.3 is 0 Å². The maximum atomic E-state index is 14.0. The summed E-state index contributed by atoms with van der Waals surface area (Å²) in [5.41, 5.74) is 1.38. The number of hydrogen-bond donors (Lipinski definition) is 1. The van der Waals surface area contributed by atoms with Crippen molar-refractivity contribution in [2.75, 3.05) is 18.4 Å². The molecule has 30 heavy (non-hydrogen) atoms. The van der Waals surface area contributed by atoms with Crippen LogP contribution in [-0.4, -0.2) is 44.6 Å². The molecule has 0 radical (unpaired) electrons. The minimum Gasteiger partial charge on any atom is -0.336 e. The summed E-state index contributed by atoms with van der Waals surface area (Å²) in [4.78, 5) is 31.5. The molecule has 1 atom stereocenters. The van der Waals surface area contributed by atoms with Crippen LogP contribution in [-0.2, 0) is 4.79 Å². The summed E-state index contributed by atoms with van der Waals surface area (Å²) in [6.07, 6.45) is 4.61. The van der Waals surface area contributed by atoms with E-state index in [4.69, 9.17) is 0 Å².